The van der Waals surface area contributed by atoms with Crippen LogP contribution >= 0.6 is 22.9 Å². The van der Waals surface area contributed by atoms with Crippen molar-refractivity contribution >= 4 is 45.2 Å². The highest BCUT2D eigenvalue weighted by atomic mass is 35.5. The number of primary amides is 1. The SMILES string of the molecule is NC(=O)c1cc(F)c(OCc2c(C=O)sc3cccc(Cl)c23)c(F)c1. The molecule has 0 spiro atoms. The van der Waals surface area contributed by atoms with Crippen LogP contribution in [0, 0.1) is 11.6 Å². The molecule has 0 bridgehead atoms. The molecule has 1 heterocycles. The Hall–Kier alpha value is -2.51. The molecule has 0 radical (unpaired) electrons. The third-order valence-electron chi connectivity index (χ3n) is 3.55. The summed E-state index contributed by atoms with van der Waals surface area (Å²) in [4.78, 5) is 22.7. The molecule has 8 heteroatoms. The number of fused-ring (bicyclic) bond motifs is 1. The lowest BCUT2D eigenvalue weighted by Crippen LogP contribution is -2.12. The Morgan fingerprint density at radius 1 is 1.28 bits per heavy atom. The molecule has 0 unspecified atom stereocenters. The first kappa shape index (κ1) is 17.3. The molecule has 4 nitrogen and oxygen atoms in total. The van der Waals surface area contributed by atoms with E-state index in [-0.39, 0.29) is 12.2 Å². The number of carbonyl (C=O) groups is 2. The molecule has 0 fully saturated rings. The molecule has 3 aromatic rings. The molecule has 0 saturated carbocycles. The first-order valence-corrected chi connectivity index (χ1v) is 8.18. The van der Waals surface area contributed by atoms with Crippen molar-refractivity contribution in [1.82, 2.24) is 0 Å². The fourth-order valence-electron chi connectivity index (χ4n) is 2.41. The molecule has 1 aromatic heterocycles. The molecule has 0 atom stereocenters. The first-order chi connectivity index (χ1) is 11.9. The number of thiophene rings is 1. The van der Waals surface area contributed by atoms with Gasteiger partial charge in [-0.2, -0.15) is 0 Å². The summed E-state index contributed by atoms with van der Waals surface area (Å²) in [5.41, 5.74) is 5.14. The van der Waals surface area contributed by atoms with Crippen molar-refractivity contribution in [2.75, 3.05) is 0 Å². The van der Waals surface area contributed by atoms with Crippen LogP contribution in [0.15, 0.2) is 30.3 Å². The lowest BCUT2D eigenvalue weighted by molar-refractivity contribution is 0.0998. The second-order valence-corrected chi connectivity index (χ2v) is 6.59. The smallest absolute Gasteiger partial charge is 0.248 e. The van der Waals surface area contributed by atoms with Gasteiger partial charge >= 0.3 is 0 Å². The molecule has 0 aliphatic rings. The Bertz CT molecular complexity index is 980. The third kappa shape index (κ3) is 3.20. The summed E-state index contributed by atoms with van der Waals surface area (Å²) in [5.74, 6) is -3.74. The quantitative estimate of drug-likeness (QED) is 0.669. The minimum Gasteiger partial charge on any atom is -0.483 e. The molecular weight excluding hydrogens is 372 g/mol. The highest BCUT2D eigenvalue weighted by molar-refractivity contribution is 7.20. The molecule has 25 heavy (non-hydrogen) atoms. The van der Waals surface area contributed by atoms with Crippen LogP contribution in [0.25, 0.3) is 10.1 Å². The van der Waals surface area contributed by atoms with E-state index in [4.69, 9.17) is 22.1 Å². The molecule has 1 amide bonds. The van der Waals surface area contributed by atoms with Gasteiger partial charge in [-0.25, -0.2) is 8.78 Å². The zero-order chi connectivity index (χ0) is 18.1. The largest absolute Gasteiger partial charge is 0.483 e. The van der Waals surface area contributed by atoms with Gasteiger partial charge in [0.2, 0.25) is 5.91 Å². The van der Waals surface area contributed by atoms with Crippen molar-refractivity contribution in [2.24, 2.45) is 5.73 Å². The van der Waals surface area contributed by atoms with Gasteiger partial charge in [-0.3, -0.25) is 9.59 Å². The van der Waals surface area contributed by atoms with Gasteiger partial charge in [-0.05, 0) is 24.3 Å². The van der Waals surface area contributed by atoms with Crippen molar-refractivity contribution in [2.45, 2.75) is 6.61 Å². The van der Waals surface area contributed by atoms with Crippen LogP contribution < -0.4 is 10.5 Å². The highest BCUT2D eigenvalue weighted by Crippen LogP contribution is 2.36. The van der Waals surface area contributed by atoms with E-state index in [1.165, 1.54) is 11.3 Å². The van der Waals surface area contributed by atoms with Crippen LogP contribution in [-0.2, 0) is 6.61 Å². The van der Waals surface area contributed by atoms with Crippen molar-refractivity contribution in [1.29, 1.82) is 0 Å². The number of carbonyl (C=O) groups excluding carboxylic acids is 2. The van der Waals surface area contributed by atoms with Gasteiger partial charge in [-0.1, -0.05) is 17.7 Å². The van der Waals surface area contributed by atoms with Crippen LogP contribution in [0.5, 0.6) is 5.75 Å². The van der Waals surface area contributed by atoms with Gasteiger partial charge in [0.1, 0.15) is 6.61 Å². The summed E-state index contributed by atoms with van der Waals surface area (Å²) in [6.07, 6.45) is 0.641. The summed E-state index contributed by atoms with van der Waals surface area (Å²) in [6, 6.07) is 6.76. The summed E-state index contributed by atoms with van der Waals surface area (Å²) in [5, 5.41) is 1.01. The zero-order valence-electron chi connectivity index (χ0n) is 12.5. The van der Waals surface area contributed by atoms with Crippen LogP contribution in [0.3, 0.4) is 0 Å². The van der Waals surface area contributed by atoms with E-state index in [9.17, 15) is 18.4 Å². The standard InChI is InChI=1S/C17H10ClF2NO3S/c18-10-2-1-3-13-15(10)9(14(6-22)25-13)7-24-16-11(19)4-8(17(21)23)5-12(16)20/h1-6H,7H2,(H2,21,23). The predicted octanol–water partition coefficient (Wildman–Crippen LogP) is 4.32. The minimum absolute atomic E-state index is 0.262. The lowest BCUT2D eigenvalue weighted by atomic mass is 10.1. The number of ether oxygens (including phenoxy) is 1. The van der Waals surface area contributed by atoms with Crippen molar-refractivity contribution in [3.8, 4) is 5.75 Å². The Morgan fingerprint density at radius 2 is 1.96 bits per heavy atom. The molecule has 3 rings (SSSR count). The topological polar surface area (TPSA) is 69.4 Å². The van der Waals surface area contributed by atoms with Gasteiger partial charge in [0.15, 0.2) is 23.7 Å². The van der Waals surface area contributed by atoms with E-state index in [0.29, 0.717) is 27.1 Å². The molecule has 2 N–H and O–H groups in total. The number of amides is 1. The molecule has 128 valence electrons. The van der Waals surface area contributed by atoms with E-state index < -0.39 is 23.3 Å². The Morgan fingerprint density at radius 3 is 2.56 bits per heavy atom. The molecule has 0 aliphatic heterocycles. The monoisotopic (exact) mass is 381 g/mol. The maximum atomic E-state index is 14.0. The minimum atomic E-state index is -1.06. The maximum absolute atomic E-state index is 14.0. The zero-order valence-corrected chi connectivity index (χ0v) is 14.1. The number of rotatable bonds is 5. The Balaban J connectivity index is 1.99. The van der Waals surface area contributed by atoms with Gasteiger partial charge in [0, 0.05) is 26.2 Å². The number of hydrogen-bond donors (Lipinski definition) is 1. The fourth-order valence-corrected chi connectivity index (χ4v) is 3.80. The van der Waals surface area contributed by atoms with E-state index in [1.807, 2.05) is 0 Å². The molecule has 0 saturated heterocycles. The van der Waals surface area contributed by atoms with E-state index in [2.05, 4.69) is 0 Å². The van der Waals surface area contributed by atoms with Crippen LogP contribution in [0.1, 0.15) is 25.6 Å². The lowest BCUT2D eigenvalue weighted by Gasteiger charge is -2.10. The van der Waals surface area contributed by atoms with Crippen LogP contribution in [-0.4, -0.2) is 12.2 Å². The maximum Gasteiger partial charge on any atom is 0.248 e. The van der Waals surface area contributed by atoms with Crippen molar-refractivity contribution < 1.29 is 23.1 Å². The average Bonchev–Trinajstić information content (AvgIpc) is 2.93. The molecular formula is C17H10ClF2NO3S. The van der Waals surface area contributed by atoms with Gasteiger partial charge in [0.05, 0.1) is 4.88 Å². The highest BCUT2D eigenvalue weighted by Gasteiger charge is 2.19. The van der Waals surface area contributed by atoms with Crippen molar-refractivity contribution in [3.05, 3.63) is 63.0 Å². The van der Waals surface area contributed by atoms with E-state index in [1.54, 1.807) is 18.2 Å². The normalized spacial score (nSPS) is 10.8. The number of halogens is 3. The second-order valence-electron chi connectivity index (χ2n) is 5.10. The number of benzene rings is 2. The van der Waals surface area contributed by atoms with Crippen LogP contribution in [0.4, 0.5) is 8.78 Å². The Kier molecular flexibility index (Phi) is 4.69. The fraction of sp³-hybridized carbons (Fsp3) is 0.0588. The molecule has 0 aliphatic carbocycles. The third-order valence-corrected chi connectivity index (χ3v) is 4.98. The number of aldehydes is 1. The number of nitrogens with two attached hydrogens (primary N) is 1. The summed E-state index contributed by atoms with van der Waals surface area (Å²) in [6.45, 7) is -0.262. The van der Waals surface area contributed by atoms with E-state index >= 15 is 0 Å². The first-order valence-electron chi connectivity index (χ1n) is 6.99. The number of hydrogen-bond acceptors (Lipinski definition) is 4. The Labute approximate surface area is 149 Å². The predicted molar refractivity (Wildman–Crippen MR) is 91.4 cm³/mol. The average molecular weight is 382 g/mol. The van der Waals surface area contributed by atoms with Gasteiger partial charge in [0.25, 0.3) is 0 Å². The summed E-state index contributed by atoms with van der Waals surface area (Å²) in [7, 11) is 0. The second kappa shape index (κ2) is 6.78. The molecule has 2 aromatic carbocycles. The van der Waals surface area contributed by atoms with E-state index in [0.717, 1.165) is 16.8 Å². The van der Waals surface area contributed by atoms with Crippen molar-refractivity contribution in [3.63, 3.8) is 0 Å². The van der Waals surface area contributed by atoms with Gasteiger partial charge in [-0.15, -0.1) is 11.3 Å². The van der Waals surface area contributed by atoms with Gasteiger partial charge < -0.3 is 10.5 Å². The summed E-state index contributed by atoms with van der Waals surface area (Å²) < 4.78 is 34.0. The van der Waals surface area contributed by atoms with Crippen LogP contribution in [0.2, 0.25) is 5.02 Å². The summed E-state index contributed by atoms with van der Waals surface area (Å²) >= 11 is 7.37.